The second kappa shape index (κ2) is 9.58. The number of aliphatic hydroxyl groups is 1. The summed E-state index contributed by atoms with van der Waals surface area (Å²) >= 11 is 0. The van der Waals surface area contributed by atoms with E-state index in [0.717, 1.165) is 47.4 Å². The minimum atomic E-state index is -3.96. The monoisotopic (exact) mass is 469 g/mol. The number of carbonyl (C=O) groups excluding carboxylic acids is 1. The number of hydrogen-bond acceptors (Lipinski definition) is 5. The Labute approximate surface area is 194 Å². The average molecular weight is 470 g/mol. The molecule has 2 heterocycles. The van der Waals surface area contributed by atoms with Gasteiger partial charge < -0.3 is 14.7 Å². The molecule has 0 aliphatic carbocycles. The topological polar surface area (TPSA) is 99.2 Å². The van der Waals surface area contributed by atoms with Crippen LogP contribution in [0, 0.1) is 0 Å². The molecule has 1 amide bonds. The van der Waals surface area contributed by atoms with E-state index in [1.165, 1.54) is 0 Å². The van der Waals surface area contributed by atoms with E-state index in [9.17, 15) is 18.3 Å². The first-order chi connectivity index (χ1) is 15.8. The number of aliphatic hydroxyl groups excluding tert-OH is 1. The zero-order valence-electron chi connectivity index (χ0n) is 18.3. The molecule has 2 aromatic carbocycles. The SMILES string of the molecule is CC(=O)N1CCCCC1C=Cc1ccc(N2C=C(O)NS2(=O)=O)c(OCc2ccccc2)c1. The number of nitrogens with one attached hydrogen (secondary N) is 1. The summed E-state index contributed by atoms with van der Waals surface area (Å²) in [4.78, 5) is 13.8. The number of rotatable bonds is 6. The van der Waals surface area contributed by atoms with Crippen LogP contribution in [0.25, 0.3) is 6.08 Å². The molecule has 2 aliphatic heterocycles. The van der Waals surface area contributed by atoms with E-state index >= 15 is 0 Å². The fourth-order valence-corrected chi connectivity index (χ4v) is 5.09. The predicted molar refractivity (Wildman–Crippen MR) is 127 cm³/mol. The third-order valence-corrected chi connectivity index (χ3v) is 6.94. The molecule has 1 saturated heterocycles. The third-order valence-electron chi connectivity index (χ3n) is 5.66. The highest BCUT2D eigenvalue weighted by Gasteiger charge is 2.31. The maximum atomic E-state index is 12.4. The van der Waals surface area contributed by atoms with Crippen molar-refractivity contribution >= 4 is 27.9 Å². The van der Waals surface area contributed by atoms with Gasteiger partial charge in [0.05, 0.1) is 12.2 Å². The molecule has 2 N–H and O–H groups in total. The quantitative estimate of drug-likeness (QED) is 0.672. The van der Waals surface area contributed by atoms with Crippen molar-refractivity contribution in [1.82, 2.24) is 9.62 Å². The molecule has 174 valence electrons. The first-order valence-corrected chi connectivity index (χ1v) is 12.3. The molecular weight excluding hydrogens is 442 g/mol. The Kier molecular flexibility index (Phi) is 6.60. The minimum absolute atomic E-state index is 0.0349. The van der Waals surface area contributed by atoms with Crippen LogP contribution in [0.5, 0.6) is 5.75 Å². The van der Waals surface area contributed by atoms with Crippen LogP contribution in [-0.4, -0.2) is 36.9 Å². The molecule has 1 atom stereocenters. The largest absolute Gasteiger partial charge is 0.493 e. The van der Waals surface area contributed by atoms with E-state index in [1.54, 1.807) is 25.1 Å². The molecule has 9 heteroatoms. The zero-order valence-corrected chi connectivity index (χ0v) is 19.2. The van der Waals surface area contributed by atoms with Gasteiger partial charge in [0.1, 0.15) is 18.0 Å². The summed E-state index contributed by atoms with van der Waals surface area (Å²) in [6.45, 7) is 2.59. The maximum absolute atomic E-state index is 12.4. The standard InChI is InChI=1S/C24H27N3O5S/c1-18(28)26-14-6-5-9-21(26)12-10-19-11-13-22(27-16-24(29)25-33(27,30)31)23(15-19)32-17-20-7-3-2-4-8-20/h2-4,7-8,10-13,15-16,21,25,29H,5-6,9,14,17H2,1H3. The zero-order chi connectivity index (χ0) is 23.4. The van der Waals surface area contributed by atoms with E-state index in [0.29, 0.717) is 5.75 Å². The minimum Gasteiger partial charge on any atom is -0.493 e. The fourth-order valence-electron chi connectivity index (χ4n) is 4.03. The number of anilines is 1. The van der Waals surface area contributed by atoms with Gasteiger partial charge in [-0.2, -0.15) is 8.42 Å². The molecule has 2 aliphatic rings. The molecular formula is C24H27N3O5S. The van der Waals surface area contributed by atoms with Crippen LogP contribution in [0.3, 0.4) is 0 Å². The van der Waals surface area contributed by atoms with Crippen molar-refractivity contribution in [1.29, 1.82) is 0 Å². The van der Waals surface area contributed by atoms with Gasteiger partial charge in [-0.15, -0.1) is 0 Å². The number of nitrogens with zero attached hydrogens (tertiary/aromatic N) is 2. The van der Waals surface area contributed by atoms with Crippen molar-refractivity contribution in [2.24, 2.45) is 0 Å². The first-order valence-electron chi connectivity index (χ1n) is 10.8. The van der Waals surface area contributed by atoms with Crippen molar-refractivity contribution in [3.8, 4) is 5.75 Å². The highest BCUT2D eigenvalue weighted by molar-refractivity contribution is 7.91. The Morgan fingerprint density at radius 3 is 2.70 bits per heavy atom. The van der Waals surface area contributed by atoms with Crippen LogP contribution < -0.4 is 13.8 Å². The lowest BCUT2D eigenvalue weighted by Crippen LogP contribution is -2.41. The number of likely N-dealkylation sites (tertiary alicyclic amines) is 1. The van der Waals surface area contributed by atoms with Crippen molar-refractivity contribution in [2.45, 2.75) is 38.8 Å². The van der Waals surface area contributed by atoms with E-state index < -0.39 is 16.1 Å². The van der Waals surface area contributed by atoms with Crippen molar-refractivity contribution in [3.63, 3.8) is 0 Å². The Balaban J connectivity index is 1.63. The first kappa shape index (κ1) is 22.7. The molecule has 0 saturated carbocycles. The summed E-state index contributed by atoms with van der Waals surface area (Å²) in [5, 5.41) is 9.69. The highest BCUT2D eigenvalue weighted by atomic mass is 32.2. The van der Waals surface area contributed by atoms with Crippen LogP contribution >= 0.6 is 0 Å². The predicted octanol–water partition coefficient (Wildman–Crippen LogP) is 3.69. The number of carbonyl (C=O) groups is 1. The van der Waals surface area contributed by atoms with Crippen LogP contribution in [0.15, 0.2) is 66.7 Å². The second-order valence-electron chi connectivity index (χ2n) is 8.05. The van der Waals surface area contributed by atoms with Crippen LogP contribution in [0.1, 0.15) is 37.3 Å². The molecule has 1 unspecified atom stereocenters. The Morgan fingerprint density at radius 2 is 2.00 bits per heavy atom. The highest BCUT2D eigenvalue weighted by Crippen LogP contribution is 2.34. The summed E-state index contributed by atoms with van der Waals surface area (Å²) in [5.74, 6) is -0.0519. The van der Waals surface area contributed by atoms with Gasteiger partial charge in [-0.1, -0.05) is 48.6 Å². The molecule has 8 nitrogen and oxygen atoms in total. The molecule has 4 rings (SSSR count). The lowest BCUT2D eigenvalue weighted by molar-refractivity contribution is -0.131. The maximum Gasteiger partial charge on any atom is 0.330 e. The summed E-state index contributed by atoms with van der Waals surface area (Å²) in [6.07, 6.45) is 8.02. The Hall–Kier alpha value is -3.46. The van der Waals surface area contributed by atoms with Crippen LogP contribution in [0.2, 0.25) is 0 Å². The number of hydrogen-bond donors (Lipinski definition) is 2. The molecule has 0 radical (unpaired) electrons. The smallest absolute Gasteiger partial charge is 0.330 e. The van der Waals surface area contributed by atoms with E-state index in [1.807, 2.05) is 52.1 Å². The number of amides is 1. The lowest BCUT2D eigenvalue weighted by atomic mass is 10.0. The lowest BCUT2D eigenvalue weighted by Gasteiger charge is -2.33. The normalized spacial score (nSPS) is 19.9. The van der Waals surface area contributed by atoms with Gasteiger partial charge in [0, 0.05) is 13.5 Å². The molecule has 1 fully saturated rings. The average Bonchev–Trinajstić information content (AvgIpc) is 3.08. The van der Waals surface area contributed by atoms with Gasteiger partial charge in [-0.25, -0.2) is 9.03 Å². The Bertz CT molecular complexity index is 1180. The van der Waals surface area contributed by atoms with Crippen molar-refractivity contribution in [2.75, 3.05) is 10.8 Å². The third kappa shape index (κ3) is 5.31. The van der Waals surface area contributed by atoms with E-state index in [4.69, 9.17) is 4.74 Å². The number of ether oxygens (including phenoxy) is 1. The van der Waals surface area contributed by atoms with Crippen LogP contribution in [-0.2, 0) is 21.6 Å². The Morgan fingerprint density at radius 1 is 1.21 bits per heavy atom. The second-order valence-corrected chi connectivity index (χ2v) is 9.60. The van der Waals surface area contributed by atoms with Gasteiger partial charge in [-0.05, 0) is 42.5 Å². The van der Waals surface area contributed by atoms with Gasteiger partial charge in [0.25, 0.3) is 0 Å². The summed E-state index contributed by atoms with van der Waals surface area (Å²) < 4.78 is 33.8. The van der Waals surface area contributed by atoms with Gasteiger partial charge in [0.15, 0.2) is 0 Å². The van der Waals surface area contributed by atoms with Gasteiger partial charge in [0.2, 0.25) is 11.8 Å². The van der Waals surface area contributed by atoms with Crippen LogP contribution in [0.4, 0.5) is 5.69 Å². The summed E-state index contributed by atoms with van der Waals surface area (Å²) in [7, 11) is -3.96. The van der Waals surface area contributed by atoms with E-state index in [2.05, 4.69) is 0 Å². The van der Waals surface area contributed by atoms with Crippen molar-refractivity contribution < 1.29 is 23.1 Å². The molecule has 0 spiro atoms. The summed E-state index contributed by atoms with van der Waals surface area (Å²) in [6, 6.07) is 14.8. The fraction of sp³-hybridized carbons (Fsp3) is 0.292. The molecule has 33 heavy (non-hydrogen) atoms. The van der Waals surface area contributed by atoms with Gasteiger partial charge in [-0.3, -0.25) is 4.79 Å². The molecule has 0 aromatic heterocycles. The molecule has 0 bridgehead atoms. The van der Waals surface area contributed by atoms with Gasteiger partial charge >= 0.3 is 10.2 Å². The summed E-state index contributed by atoms with van der Waals surface area (Å²) in [5.41, 5.74) is 2.03. The molecule has 2 aromatic rings. The number of piperidine rings is 1. The number of benzene rings is 2. The van der Waals surface area contributed by atoms with Crippen molar-refractivity contribution in [3.05, 3.63) is 77.8 Å². The van der Waals surface area contributed by atoms with E-state index in [-0.39, 0.29) is 24.2 Å².